The molecule has 42 heavy (non-hydrogen) atoms. The summed E-state index contributed by atoms with van der Waals surface area (Å²) in [6.07, 6.45) is 11.3. The molecule has 0 aliphatic heterocycles. The summed E-state index contributed by atoms with van der Waals surface area (Å²) in [5.41, 5.74) is 5.31. The van der Waals surface area contributed by atoms with Gasteiger partial charge in [0.2, 0.25) is 0 Å². The zero-order chi connectivity index (χ0) is 30.8. The Hall–Kier alpha value is -2.96. The Bertz CT molecular complexity index is 1230. The van der Waals surface area contributed by atoms with Crippen molar-refractivity contribution in [2.24, 2.45) is 0 Å². The highest BCUT2D eigenvalue weighted by Gasteiger charge is 2.24. The quantitative estimate of drug-likeness (QED) is 0.0689. The van der Waals surface area contributed by atoms with Crippen LogP contribution in [0.3, 0.4) is 0 Å². The van der Waals surface area contributed by atoms with Gasteiger partial charge >= 0.3 is 13.8 Å². The Labute approximate surface area is 252 Å². The van der Waals surface area contributed by atoms with Crippen molar-refractivity contribution in [1.29, 1.82) is 0 Å². The number of para-hydroxylation sites is 1. The lowest BCUT2D eigenvalue weighted by atomic mass is 10.1. The monoisotopic (exact) mass is 598 g/mol. The van der Waals surface area contributed by atoms with Crippen LogP contribution in [-0.2, 0) is 24.6 Å². The standard InChI is InChI=1S/C34H47O7P/c1-7-38-42(36,39-8-2)40-26-24-30-19-21-31(22-20-30)41-34(35)32-17-9-10-18-33(32)37-25-23-29(6)16-12-15-28(5)14-11-13-27(3)4/h9-10,13,15,17-23H,7-8,11-12,14,16,24-26H2,1-6H3. The summed E-state index contributed by atoms with van der Waals surface area (Å²) in [6, 6.07) is 14.2. The molecule has 0 bridgehead atoms. The number of benzene rings is 2. The van der Waals surface area contributed by atoms with Crippen molar-refractivity contribution in [1.82, 2.24) is 0 Å². The van der Waals surface area contributed by atoms with E-state index >= 15 is 0 Å². The second kappa shape index (κ2) is 19.3. The highest BCUT2D eigenvalue weighted by molar-refractivity contribution is 7.48. The van der Waals surface area contributed by atoms with Crippen LogP contribution >= 0.6 is 7.82 Å². The lowest BCUT2D eigenvalue weighted by Crippen LogP contribution is -2.11. The van der Waals surface area contributed by atoms with Gasteiger partial charge in [-0.1, -0.05) is 53.1 Å². The molecule has 2 aromatic carbocycles. The molecule has 0 atom stereocenters. The van der Waals surface area contributed by atoms with E-state index in [-0.39, 0.29) is 19.8 Å². The molecule has 0 fully saturated rings. The lowest BCUT2D eigenvalue weighted by Gasteiger charge is -2.16. The predicted octanol–water partition coefficient (Wildman–Crippen LogP) is 9.44. The molecule has 0 saturated heterocycles. The fourth-order valence-corrected chi connectivity index (χ4v) is 5.13. The van der Waals surface area contributed by atoms with Gasteiger partial charge in [0.1, 0.15) is 23.7 Å². The van der Waals surface area contributed by atoms with Gasteiger partial charge in [0.05, 0.1) is 19.8 Å². The van der Waals surface area contributed by atoms with E-state index in [9.17, 15) is 9.36 Å². The van der Waals surface area contributed by atoms with Crippen molar-refractivity contribution in [3.05, 3.63) is 94.6 Å². The number of phosphoric acid groups is 1. The number of carbonyl (C=O) groups is 1. The van der Waals surface area contributed by atoms with Gasteiger partial charge in [-0.3, -0.25) is 13.6 Å². The fraction of sp³-hybridized carbons (Fsp3) is 0.441. The summed E-state index contributed by atoms with van der Waals surface area (Å²) in [6.45, 7) is 13.0. The molecule has 0 spiro atoms. The molecule has 0 aliphatic rings. The molecular weight excluding hydrogens is 551 g/mol. The number of ether oxygens (including phenoxy) is 2. The molecule has 0 aromatic heterocycles. The first-order chi connectivity index (χ1) is 20.2. The first-order valence-electron chi connectivity index (χ1n) is 14.7. The average Bonchev–Trinajstić information content (AvgIpc) is 2.94. The van der Waals surface area contributed by atoms with Crippen molar-refractivity contribution >= 4 is 13.8 Å². The highest BCUT2D eigenvalue weighted by Crippen LogP contribution is 2.49. The summed E-state index contributed by atoms with van der Waals surface area (Å²) in [7, 11) is -3.54. The van der Waals surface area contributed by atoms with Crippen LogP contribution in [0.1, 0.15) is 83.1 Å². The van der Waals surface area contributed by atoms with Gasteiger partial charge in [-0.05, 0) is 110 Å². The molecule has 0 aliphatic carbocycles. The maximum absolute atomic E-state index is 12.9. The van der Waals surface area contributed by atoms with E-state index in [2.05, 4.69) is 45.9 Å². The Morgan fingerprint density at radius 3 is 2.05 bits per heavy atom. The molecule has 230 valence electrons. The lowest BCUT2D eigenvalue weighted by molar-refractivity contribution is 0.0730. The number of esters is 1. The van der Waals surface area contributed by atoms with E-state index < -0.39 is 13.8 Å². The van der Waals surface area contributed by atoms with E-state index in [1.807, 2.05) is 18.2 Å². The number of rotatable bonds is 19. The summed E-state index contributed by atoms with van der Waals surface area (Å²) in [5.74, 6) is 0.391. The molecule has 0 saturated carbocycles. The zero-order valence-electron chi connectivity index (χ0n) is 26.0. The third-order valence-electron chi connectivity index (χ3n) is 6.25. The SMILES string of the molecule is CCOP(=O)(OCC)OCCc1ccc(OC(=O)c2ccccc2OCC=C(C)CCC=C(C)CCC=C(C)C)cc1. The Morgan fingerprint density at radius 2 is 1.40 bits per heavy atom. The molecule has 0 radical (unpaired) electrons. The fourth-order valence-electron chi connectivity index (χ4n) is 3.96. The minimum absolute atomic E-state index is 0.169. The van der Waals surface area contributed by atoms with Gasteiger partial charge in [0, 0.05) is 0 Å². The summed E-state index contributed by atoms with van der Waals surface area (Å²) in [4.78, 5) is 12.9. The molecule has 0 unspecified atom stereocenters. The van der Waals surface area contributed by atoms with Crippen LogP contribution in [0.5, 0.6) is 11.5 Å². The van der Waals surface area contributed by atoms with Crippen molar-refractivity contribution in [2.75, 3.05) is 26.4 Å². The number of allylic oxidation sites excluding steroid dienone is 5. The third-order valence-corrected chi connectivity index (χ3v) is 7.90. The molecule has 2 aromatic rings. The zero-order valence-corrected chi connectivity index (χ0v) is 26.9. The molecule has 0 amide bonds. The van der Waals surface area contributed by atoms with Crippen LogP contribution in [0.4, 0.5) is 0 Å². The highest BCUT2D eigenvalue weighted by atomic mass is 31.2. The molecule has 2 rings (SSSR count). The van der Waals surface area contributed by atoms with E-state index in [0.717, 1.165) is 31.2 Å². The van der Waals surface area contributed by atoms with Gasteiger partial charge in [-0.15, -0.1) is 0 Å². The predicted molar refractivity (Wildman–Crippen MR) is 169 cm³/mol. The van der Waals surface area contributed by atoms with E-state index in [0.29, 0.717) is 30.1 Å². The van der Waals surface area contributed by atoms with Gasteiger partial charge in [-0.2, -0.15) is 0 Å². The molecular formula is C34H47O7P. The van der Waals surface area contributed by atoms with Crippen molar-refractivity contribution < 1.29 is 32.4 Å². The second-order valence-corrected chi connectivity index (χ2v) is 11.8. The molecule has 8 heteroatoms. The Morgan fingerprint density at radius 1 is 0.786 bits per heavy atom. The van der Waals surface area contributed by atoms with Crippen LogP contribution < -0.4 is 9.47 Å². The Balaban J connectivity index is 1.86. The van der Waals surface area contributed by atoms with Crippen molar-refractivity contribution in [2.45, 2.75) is 73.6 Å². The minimum Gasteiger partial charge on any atom is -0.489 e. The summed E-state index contributed by atoms with van der Waals surface area (Å²) < 4.78 is 39.6. The molecule has 0 heterocycles. The van der Waals surface area contributed by atoms with Crippen molar-refractivity contribution in [3.63, 3.8) is 0 Å². The minimum atomic E-state index is -3.54. The molecule has 0 N–H and O–H groups in total. The van der Waals surface area contributed by atoms with E-state index in [1.54, 1.807) is 44.2 Å². The third kappa shape index (κ3) is 13.8. The normalized spacial score (nSPS) is 12.2. The van der Waals surface area contributed by atoms with Gasteiger partial charge in [0.15, 0.2) is 0 Å². The van der Waals surface area contributed by atoms with Crippen LogP contribution in [0, 0.1) is 0 Å². The topological polar surface area (TPSA) is 80.3 Å². The smallest absolute Gasteiger partial charge is 0.474 e. The molecule has 7 nitrogen and oxygen atoms in total. The maximum atomic E-state index is 12.9. The largest absolute Gasteiger partial charge is 0.489 e. The van der Waals surface area contributed by atoms with Crippen LogP contribution in [-0.4, -0.2) is 32.4 Å². The Kier molecular flexibility index (Phi) is 16.2. The van der Waals surface area contributed by atoms with Gasteiger partial charge < -0.3 is 9.47 Å². The van der Waals surface area contributed by atoms with Gasteiger partial charge in [0.25, 0.3) is 0 Å². The average molecular weight is 599 g/mol. The summed E-state index contributed by atoms with van der Waals surface area (Å²) >= 11 is 0. The first-order valence-corrected chi connectivity index (χ1v) is 16.1. The number of carbonyl (C=O) groups excluding carboxylic acids is 1. The summed E-state index contributed by atoms with van der Waals surface area (Å²) in [5, 5.41) is 0. The van der Waals surface area contributed by atoms with E-state index in [1.165, 1.54) is 16.7 Å². The maximum Gasteiger partial charge on any atom is 0.474 e. The number of hydrogen-bond donors (Lipinski definition) is 0. The van der Waals surface area contributed by atoms with E-state index in [4.69, 9.17) is 23.0 Å². The van der Waals surface area contributed by atoms with Crippen LogP contribution in [0.2, 0.25) is 0 Å². The van der Waals surface area contributed by atoms with Gasteiger partial charge in [-0.25, -0.2) is 9.36 Å². The number of hydrogen-bond acceptors (Lipinski definition) is 7. The second-order valence-electron chi connectivity index (χ2n) is 10.2. The van der Waals surface area contributed by atoms with Crippen LogP contribution in [0.25, 0.3) is 0 Å². The van der Waals surface area contributed by atoms with Crippen molar-refractivity contribution in [3.8, 4) is 11.5 Å². The van der Waals surface area contributed by atoms with Crippen LogP contribution in [0.15, 0.2) is 83.5 Å². The first kappa shape index (κ1) is 35.2. The number of phosphoric ester groups is 1.